The van der Waals surface area contributed by atoms with Gasteiger partial charge < -0.3 is 15.2 Å². The number of primary amides is 1. The number of carbonyl (C=O) groups is 2. The topological polar surface area (TPSA) is 89.4 Å². The van der Waals surface area contributed by atoms with Crippen LogP contribution in [-0.4, -0.2) is 34.5 Å². The number of carbonyl (C=O) groups excluding carboxylic acids is 2. The van der Waals surface area contributed by atoms with Crippen molar-refractivity contribution >= 4 is 34.8 Å². The van der Waals surface area contributed by atoms with Crippen molar-refractivity contribution in [2.75, 3.05) is 6.54 Å². The maximum Gasteiger partial charge on any atom is 0.276 e. The Hall–Kier alpha value is -1.86. The van der Waals surface area contributed by atoms with Crippen LogP contribution >= 0.6 is 22.9 Å². The molecule has 1 aliphatic heterocycles. The molecule has 0 aliphatic carbocycles. The Morgan fingerprint density at radius 1 is 1.48 bits per heavy atom. The molecule has 6 nitrogen and oxygen atoms in total. The van der Waals surface area contributed by atoms with Gasteiger partial charge in [0.1, 0.15) is 6.04 Å². The highest BCUT2D eigenvalue weighted by molar-refractivity contribution is 7.19. The SMILES string of the molecule is NC(=O)[C@@H]1CCCN1C(=O)c1cc(-c2ccc(Cl)s2)on1. The van der Waals surface area contributed by atoms with Crippen LogP contribution in [0, 0.1) is 0 Å². The minimum Gasteiger partial charge on any atom is -0.368 e. The minimum atomic E-state index is -0.561. The van der Waals surface area contributed by atoms with Crippen molar-refractivity contribution in [3.63, 3.8) is 0 Å². The summed E-state index contributed by atoms with van der Waals surface area (Å²) in [5.74, 6) is -0.353. The zero-order valence-corrected chi connectivity index (χ0v) is 12.5. The lowest BCUT2D eigenvalue weighted by Crippen LogP contribution is -2.43. The molecule has 2 aromatic rings. The van der Waals surface area contributed by atoms with Crippen LogP contribution in [0.15, 0.2) is 22.7 Å². The maximum atomic E-state index is 12.4. The van der Waals surface area contributed by atoms with Gasteiger partial charge in [0.25, 0.3) is 5.91 Å². The molecular weight excluding hydrogens is 314 g/mol. The molecule has 0 saturated carbocycles. The van der Waals surface area contributed by atoms with Crippen LogP contribution < -0.4 is 5.73 Å². The van der Waals surface area contributed by atoms with E-state index in [0.29, 0.717) is 23.1 Å². The van der Waals surface area contributed by atoms with Gasteiger partial charge in [0.2, 0.25) is 5.91 Å². The fourth-order valence-electron chi connectivity index (χ4n) is 2.39. The predicted molar refractivity (Wildman–Crippen MR) is 78.1 cm³/mol. The Kier molecular flexibility index (Phi) is 3.69. The molecule has 2 N–H and O–H groups in total. The minimum absolute atomic E-state index is 0.169. The second-order valence-corrected chi connectivity index (χ2v) is 6.45. The molecule has 1 aliphatic rings. The smallest absolute Gasteiger partial charge is 0.276 e. The molecule has 0 aromatic carbocycles. The van der Waals surface area contributed by atoms with E-state index in [1.807, 2.05) is 0 Å². The van der Waals surface area contributed by atoms with Gasteiger partial charge in [-0.25, -0.2) is 0 Å². The molecule has 21 heavy (non-hydrogen) atoms. The highest BCUT2D eigenvalue weighted by Crippen LogP contribution is 2.31. The summed E-state index contributed by atoms with van der Waals surface area (Å²) in [6.07, 6.45) is 1.34. The molecule has 1 fully saturated rings. The number of nitrogens with zero attached hydrogens (tertiary/aromatic N) is 2. The van der Waals surface area contributed by atoms with E-state index in [0.717, 1.165) is 11.3 Å². The summed E-state index contributed by atoms with van der Waals surface area (Å²) in [4.78, 5) is 26.0. The lowest BCUT2D eigenvalue weighted by Gasteiger charge is -2.20. The Bertz CT molecular complexity index is 696. The molecule has 110 valence electrons. The van der Waals surface area contributed by atoms with Gasteiger partial charge in [-0.2, -0.15) is 0 Å². The second-order valence-electron chi connectivity index (χ2n) is 4.74. The quantitative estimate of drug-likeness (QED) is 0.936. The lowest BCUT2D eigenvalue weighted by atomic mass is 10.2. The molecule has 2 aromatic heterocycles. The van der Waals surface area contributed by atoms with E-state index in [4.69, 9.17) is 21.9 Å². The van der Waals surface area contributed by atoms with Crippen LogP contribution in [0.1, 0.15) is 23.3 Å². The standard InChI is InChI=1S/C13H12ClN3O3S/c14-11-4-3-10(21-11)9-6-7(16-20-9)13(19)17-5-1-2-8(17)12(15)18/h3-4,6,8H,1-2,5H2,(H2,15,18)/t8-/m0/s1. The summed E-state index contributed by atoms with van der Waals surface area (Å²) in [6, 6.07) is 4.54. The summed E-state index contributed by atoms with van der Waals surface area (Å²) in [5, 5.41) is 3.79. The van der Waals surface area contributed by atoms with Crippen LogP contribution in [0.25, 0.3) is 10.6 Å². The fourth-order valence-corrected chi connectivity index (χ4v) is 3.38. The molecule has 1 saturated heterocycles. The Labute approximate surface area is 129 Å². The fraction of sp³-hybridized carbons (Fsp3) is 0.308. The van der Waals surface area contributed by atoms with E-state index in [-0.39, 0.29) is 11.6 Å². The van der Waals surface area contributed by atoms with Crippen molar-refractivity contribution in [3.05, 3.63) is 28.2 Å². The third kappa shape index (κ3) is 2.66. The number of hydrogen-bond donors (Lipinski definition) is 1. The second kappa shape index (κ2) is 5.50. The van der Waals surface area contributed by atoms with Crippen LogP contribution in [0.5, 0.6) is 0 Å². The van der Waals surface area contributed by atoms with Crippen LogP contribution in [0.4, 0.5) is 0 Å². The molecule has 3 heterocycles. The highest BCUT2D eigenvalue weighted by Gasteiger charge is 2.34. The van der Waals surface area contributed by atoms with Crippen molar-refractivity contribution in [1.82, 2.24) is 10.1 Å². The third-order valence-corrected chi connectivity index (χ3v) is 4.63. The lowest BCUT2D eigenvalue weighted by molar-refractivity contribution is -0.121. The van der Waals surface area contributed by atoms with Gasteiger partial charge in [-0.15, -0.1) is 11.3 Å². The summed E-state index contributed by atoms with van der Waals surface area (Å²) in [7, 11) is 0. The number of likely N-dealkylation sites (tertiary alicyclic amines) is 1. The van der Waals surface area contributed by atoms with Crippen molar-refractivity contribution in [2.24, 2.45) is 5.73 Å². The Balaban J connectivity index is 1.83. The molecule has 1 atom stereocenters. The summed E-state index contributed by atoms with van der Waals surface area (Å²) < 4.78 is 5.81. The first-order valence-corrected chi connectivity index (χ1v) is 7.58. The zero-order valence-electron chi connectivity index (χ0n) is 10.9. The average Bonchev–Trinajstić information content (AvgIpc) is 3.17. The van der Waals surface area contributed by atoms with Crippen LogP contribution in [0.2, 0.25) is 4.34 Å². The first kappa shape index (κ1) is 14.1. The molecule has 8 heteroatoms. The third-order valence-electron chi connectivity index (χ3n) is 3.39. The van der Waals surface area contributed by atoms with Gasteiger partial charge in [0.05, 0.1) is 9.21 Å². The van der Waals surface area contributed by atoms with Gasteiger partial charge in [-0.1, -0.05) is 16.8 Å². The van der Waals surface area contributed by atoms with E-state index in [1.165, 1.54) is 16.2 Å². The number of amides is 2. The number of thiophene rings is 1. The van der Waals surface area contributed by atoms with Gasteiger partial charge >= 0.3 is 0 Å². The van der Waals surface area contributed by atoms with E-state index in [2.05, 4.69) is 5.16 Å². The van der Waals surface area contributed by atoms with Gasteiger partial charge in [0, 0.05) is 12.6 Å². The summed E-state index contributed by atoms with van der Waals surface area (Å²) >= 11 is 7.20. The van der Waals surface area contributed by atoms with E-state index < -0.39 is 11.9 Å². The summed E-state index contributed by atoms with van der Waals surface area (Å²) in [5.41, 5.74) is 5.48. The van der Waals surface area contributed by atoms with Gasteiger partial charge in [0.15, 0.2) is 11.5 Å². The maximum absolute atomic E-state index is 12.4. The molecule has 2 amide bonds. The largest absolute Gasteiger partial charge is 0.368 e. The average molecular weight is 326 g/mol. The van der Waals surface area contributed by atoms with Crippen molar-refractivity contribution in [1.29, 1.82) is 0 Å². The predicted octanol–water partition coefficient (Wildman–Crippen LogP) is 2.15. The van der Waals surface area contributed by atoms with Crippen LogP contribution in [-0.2, 0) is 4.79 Å². The van der Waals surface area contributed by atoms with E-state index in [1.54, 1.807) is 18.2 Å². The molecule has 0 radical (unpaired) electrons. The van der Waals surface area contributed by atoms with Crippen molar-refractivity contribution in [3.8, 4) is 10.6 Å². The highest BCUT2D eigenvalue weighted by atomic mass is 35.5. The first-order valence-electron chi connectivity index (χ1n) is 6.39. The van der Waals surface area contributed by atoms with Crippen molar-refractivity contribution < 1.29 is 14.1 Å². The molecule has 0 spiro atoms. The number of aromatic nitrogens is 1. The van der Waals surface area contributed by atoms with Crippen molar-refractivity contribution in [2.45, 2.75) is 18.9 Å². The first-order chi connectivity index (χ1) is 10.1. The van der Waals surface area contributed by atoms with Gasteiger partial charge in [-0.3, -0.25) is 9.59 Å². The molecule has 0 unspecified atom stereocenters. The number of hydrogen-bond acceptors (Lipinski definition) is 5. The van der Waals surface area contributed by atoms with E-state index in [9.17, 15) is 9.59 Å². The summed E-state index contributed by atoms with van der Waals surface area (Å²) in [6.45, 7) is 0.499. The molecular formula is C13H12ClN3O3S. The normalized spacial score (nSPS) is 18.1. The van der Waals surface area contributed by atoms with Crippen LogP contribution in [0.3, 0.4) is 0 Å². The number of rotatable bonds is 3. The monoisotopic (exact) mass is 325 g/mol. The number of halogens is 1. The Morgan fingerprint density at radius 3 is 2.95 bits per heavy atom. The molecule has 0 bridgehead atoms. The Morgan fingerprint density at radius 2 is 2.29 bits per heavy atom. The number of nitrogens with two attached hydrogens (primary N) is 1. The van der Waals surface area contributed by atoms with E-state index >= 15 is 0 Å². The molecule has 3 rings (SSSR count). The zero-order chi connectivity index (χ0) is 15.0. The van der Waals surface area contributed by atoms with Gasteiger partial charge in [-0.05, 0) is 25.0 Å².